The summed E-state index contributed by atoms with van der Waals surface area (Å²) < 4.78 is 0. The first-order chi connectivity index (χ1) is 8.95. The summed E-state index contributed by atoms with van der Waals surface area (Å²) in [5.41, 5.74) is 0. The van der Waals surface area contributed by atoms with Gasteiger partial charge in [-0.1, -0.05) is 47.5 Å². The lowest BCUT2D eigenvalue weighted by Crippen LogP contribution is -2.26. The van der Waals surface area contributed by atoms with Crippen LogP contribution in [0.5, 0.6) is 0 Å². The monoisotopic (exact) mass is 266 g/mol. The third kappa shape index (κ3) is 5.28. The summed E-state index contributed by atoms with van der Waals surface area (Å²) in [4.78, 5) is 12.3. The summed E-state index contributed by atoms with van der Waals surface area (Å²) >= 11 is 0. The number of ketones is 1. The number of Topliss-reactive ketones (excluding diaryl/α,β-unsaturated/α-hetero) is 1. The summed E-state index contributed by atoms with van der Waals surface area (Å²) in [6.45, 7) is 11.6. The van der Waals surface area contributed by atoms with Gasteiger partial charge in [0.2, 0.25) is 0 Å². The van der Waals surface area contributed by atoms with Crippen molar-refractivity contribution in [2.45, 2.75) is 79.6 Å². The van der Waals surface area contributed by atoms with Crippen LogP contribution >= 0.6 is 0 Å². The van der Waals surface area contributed by atoms with Crippen LogP contribution in [0.3, 0.4) is 0 Å². The standard InChI is InChI=1S/C18H34O/c1-6-7-13(2)14(3)9-11-18(19)17-10-8-15(4)16(5)12-17/h13-17H,6-12H2,1-5H3. The molecule has 0 radical (unpaired) electrons. The molecule has 19 heavy (non-hydrogen) atoms. The summed E-state index contributed by atoms with van der Waals surface area (Å²) in [7, 11) is 0. The zero-order valence-corrected chi connectivity index (χ0v) is 13.7. The summed E-state index contributed by atoms with van der Waals surface area (Å²) in [6.07, 6.45) is 8.01. The van der Waals surface area contributed by atoms with Gasteiger partial charge in [-0.3, -0.25) is 4.79 Å². The van der Waals surface area contributed by atoms with Gasteiger partial charge in [-0.15, -0.1) is 0 Å². The molecule has 1 fully saturated rings. The normalized spacial score (nSPS) is 30.9. The van der Waals surface area contributed by atoms with E-state index in [9.17, 15) is 4.79 Å². The minimum Gasteiger partial charge on any atom is -0.299 e. The fraction of sp³-hybridized carbons (Fsp3) is 0.944. The maximum absolute atomic E-state index is 12.3. The fourth-order valence-corrected chi connectivity index (χ4v) is 3.44. The number of hydrogen-bond acceptors (Lipinski definition) is 1. The fourth-order valence-electron chi connectivity index (χ4n) is 3.44. The lowest BCUT2D eigenvalue weighted by atomic mass is 9.73. The zero-order valence-electron chi connectivity index (χ0n) is 13.7. The molecule has 112 valence electrons. The van der Waals surface area contributed by atoms with Crippen LogP contribution in [-0.2, 0) is 4.79 Å². The number of rotatable bonds is 7. The van der Waals surface area contributed by atoms with Crippen LogP contribution in [0.4, 0.5) is 0 Å². The Balaban J connectivity index is 2.31. The number of hydrogen-bond donors (Lipinski definition) is 0. The second-order valence-corrected chi connectivity index (χ2v) is 7.21. The summed E-state index contributed by atoms with van der Waals surface area (Å²) in [5.74, 6) is 3.94. The maximum Gasteiger partial charge on any atom is 0.135 e. The molecule has 1 saturated carbocycles. The largest absolute Gasteiger partial charge is 0.299 e. The van der Waals surface area contributed by atoms with Gasteiger partial charge in [-0.05, 0) is 49.4 Å². The van der Waals surface area contributed by atoms with Gasteiger partial charge in [0, 0.05) is 12.3 Å². The highest BCUT2D eigenvalue weighted by molar-refractivity contribution is 5.81. The average Bonchev–Trinajstić information content (AvgIpc) is 2.39. The molecule has 0 aliphatic heterocycles. The third-order valence-corrected chi connectivity index (χ3v) is 5.62. The predicted molar refractivity (Wildman–Crippen MR) is 83.1 cm³/mol. The van der Waals surface area contributed by atoms with Crippen molar-refractivity contribution in [1.82, 2.24) is 0 Å². The van der Waals surface area contributed by atoms with Crippen molar-refractivity contribution >= 4 is 5.78 Å². The Labute approximate surface area is 120 Å². The molecule has 0 N–H and O–H groups in total. The molecule has 0 aromatic rings. The Kier molecular flexibility index (Phi) is 7.10. The van der Waals surface area contributed by atoms with Crippen molar-refractivity contribution in [2.24, 2.45) is 29.6 Å². The third-order valence-electron chi connectivity index (χ3n) is 5.62. The molecule has 0 saturated heterocycles. The van der Waals surface area contributed by atoms with E-state index in [-0.39, 0.29) is 0 Å². The van der Waals surface area contributed by atoms with Crippen LogP contribution in [0, 0.1) is 29.6 Å². The first kappa shape index (κ1) is 16.7. The highest BCUT2D eigenvalue weighted by Crippen LogP contribution is 2.35. The second kappa shape index (κ2) is 8.07. The van der Waals surface area contributed by atoms with E-state index in [0.29, 0.717) is 17.6 Å². The topological polar surface area (TPSA) is 17.1 Å². The van der Waals surface area contributed by atoms with Gasteiger partial charge in [0.25, 0.3) is 0 Å². The first-order valence-electron chi connectivity index (χ1n) is 8.48. The van der Waals surface area contributed by atoms with E-state index in [1.807, 2.05) is 0 Å². The minimum absolute atomic E-state index is 0.375. The Morgan fingerprint density at radius 2 is 1.68 bits per heavy atom. The van der Waals surface area contributed by atoms with Crippen molar-refractivity contribution in [3.05, 3.63) is 0 Å². The first-order valence-corrected chi connectivity index (χ1v) is 8.48. The van der Waals surface area contributed by atoms with Crippen LogP contribution in [0.1, 0.15) is 79.6 Å². The molecule has 1 nitrogen and oxygen atoms in total. The van der Waals surface area contributed by atoms with Crippen LogP contribution in [-0.4, -0.2) is 5.78 Å². The zero-order chi connectivity index (χ0) is 14.4. The van der Waals surface area contributed by atoms with Crippen LogP contribution in [0.2, 0.25) is 0 Å². The van der Waals surface area contributed by atoms with Crippen LogP contribution in [0.25, 0.3) is 0 Å². The molecule has 0 amide bonds. The molecule has 0 spiro atoms. The summed E-state index contributed by atoms with van der Waals surface area (Å²) in [5, 5.41) is 0. The molecular formula is C18H34O. The predicted octanol–water partition coefficient (Wildman–Crippen LogP) is 5.48. The van der Waals surface area contributed by atoms with E-state index in [1.54, 1.807) is 0 Å². The number of carbonyl (C=O) groups excluding carboxylic acids is 1. The Bertz CT molecular complexity index is 271. The lowest BCUT2D eigenvalue weighted by molar-refractivity contribution is -0.125. The molecule has 0 aromatic heterocycles. The quantitative estimate of drug-likeness (QED) is 0.596. The van der Waals surface area contributed by atoms with Gasteiger partial charge in [0.1, 0.15) is 5.78 Å². The van der Waals surface area contributed by atoms with Gasteiger partial charge in [-0.2, -0.15) is 0 Å². The minimum atomic E-state index is 0.375. The van der Waals surface area contributed by atoms with Crippen molar-refractivity contribution < 1.29 is 4.79 Å². The Hall–Kier alpha value is -0.330. The van der Waals surface area contributed by atoms with Crippen molar-refractivity contribution in [3.8, 4) is 0 Å². The van der Waals surface area contributed by atoms with Crippen molar-refractivity contribution in [3.63, 3.8) is 0 Å². The summed E-state index contributed by atoms with van der Waals surface area (Å²) in [6, 6.07) is 0. The number of carbonyl (C=O) groups is 1. The van der Waals surface area contributed by atoms with E-state index in [4.69, 9.17) is 0 Å². The molecule has 5 unspecified atom stereocenters. The highest BCUT2D eigenvalue weighted by Gasteiger charge is 2.29. The van der Waals surface area contributed by atoms with Gasteiger partial charge in [-0.25, -0.2) is 0 Å². The van der Waals surface area contributed by atoms with E-state index in [1.165, 1.54) is 19.3 Å². The van der Waals surface area contributed by atoms with E-state index < -0.39 is 0 Å². The molecule has 1 aliphatic rings. The maximum atomic E-state index is 12.3. The molecule has 1 rings (SSSR count). The van der Waals surface area contributed by atoms with Crippen LogP contribution in [0.15, 0.2) is 0 Å². The highest BCUT2D eigenvalue weighted by atomic mass is 16.1. The molecule has 5 atom stereocenters. The smallest absolute Gasteiger partial charge is 0.135 e. The van der Waals surface area contributed by atoms with Crippen LogP contribution < -0.4 is 0 Å². The van der Waals surface area contributed by atoms with E-state index in [2.05, 4.69) is 34.6 Å². The van der Waals surface area contributed by atoms with Crippen molar-refractivity contribution in [2.75, 3.05) is 0 Å². The average molecular weight is 266 g/mol. The Morgan fingerprint density at radius 1 is 1.05 bits per heavy atom. The molecule has 0 aromatic carbocycles. The molecular weight excluding hydrogens is 232 g/mol. The van der Waals surface area contributed by atoms with Gasteiger partial charge >= 0.3 is 0 Å². The van der Waals surface area contributed by atoms with E-state index >= 15 is 0 Å². The van der Waals surface area contributed by atoms with Gasteiger partial charge < -0.3 is 0 Å². The lowest BCUT2D eigenvalue weighted by Gasteiger charge is -2.31. The van der Waals surface area contributed by atoms with E-state index in [0.717, 1.165) is 43.4 Å². The van der Waals surface area contributed by atoms with Gasteiger partial charge in [0.05, 0.1) is 0 Å². The van der Waals surface area contributed by atoms with Gasteiger partial charge in [0.15, 0.2) is 0 Å². The second-order valence-electron chi connectivity index (χ2n) is 7.21. The molecule has 0 heterocycles. The molecule has 1 aliphatic carbocycles. The SMILES string of the molecule is CCCC(C)C(C)CCC(=O)C1CCC(C)C(C)C1. The molecule has 1 heteroatoms. The Morgan fingerprint density at radius 3 is 2.26 bits per heavy atom. The molecule has 0 bridgehead atoms. The van der Waals surface area contributed by atoms with Crippen molar-refractivity contribution in [1.29, 1.82) is 0 Å².